The van der Waals surface area contributed by atoms with E-state index in [-0.39, 0.29) is 46.1 Å². The number of pyridine rings is 1. The van der Waals surface area contributed by atoms with Crippen molar-refractivity contribution >= 4 is 52.6 Å². The molecule has 1 unspecified atom stereocenters. The number of carbonyl (C=O) groups is 1. The summed E-state index contributed by atoms with van der Waals surface area (Å²) in [5, 5.41) is 5.27. The van der Waals surface area contributed by atoms with Gasteiger partial charge in [0.05, 0.1) is 38.4 Å². The van der Waals surface area contributed by atoms with Crippen molar-refractivity contribution in [1.29, 1.82) is 0 Å². The second-order valence-electron chi connectivity index (χ2n) is 7.62. The van der Waals surface area contributed by atoms with E-state index in [1.54, 1.807) is 6.92 Å². The molecule has 4 N–H and O–H groups in total. The molecule has 39 heavy (non-hydrogen) atoms. The molecule has 12 nitrogen and oxygen atoms in total. The zero-order valence-corrected chi connectivity index (χ0v) is 23.1. The van der Waals surface area contributed by atoms with Gasteiger partial charge in [0.2, 0.25) is 5.95 Å². The van der Waals surface area contributed by atoms with Gasteiger partial charge in [0, 0.05) is 6.20 Å². The monoisotopic (exact) mass is 634 g/mol. The molecule has 0 bridgehead atoms. The molecule has 3 rings (SSSR count). The van der Waals surface area contributed by atoms with Crippen molar-refractivity contribution < 1.29 is 41.5 Å². The van der Waals surface area contributed by atoms with Crippen LogP contribution in [0.2, 0.25) is 0 Å². The molecule has 3 aromatic rings. The highest BCUT2D eigenvalue weighted by Crippen LogP contribution is 2.46. The molecule has 0 aliphatic heterocycles. The van der Waals surface area contributed by atoms with Gasteiger partial charge in [0.15, 0.2) is 5.69 Å². The molecule has 0 spiro atoms. The molecule has 210 valence electrons. The standard InChI is InChI=1S/C22H23BrF3N6O6P/c1-4-38-39(34,35)11-12-5-6-14(16(9-12)36-2)29-21-27-10-13(22(24,25)26)19(31-21)28-15-7-8-17(23)30-18(15)20(33)32-37-3/h5-10H,4,11H2,1-3H3,(H,32,33)(H,34,35)(H2,27,28,29,31). The normalized spacial score (nSPS) is 12.9. The number of nitrogens with one attached hydrogen (secondary N) is 3. The van der Waals surface area contributed by atoms with Crippen molar-refractivity contribution in [2.24, 2.45) is 0 Å². The lowest BCUT2D eigenvalue weighted by molar-refractivity contribution is -0.137. The van der Waals surface area contributed by atoms with Gasteiger partial charge in [-0.2, -0.15) is 18.2 Å². The zero-order valence-electron chi connectivity index (χ0n) is 20.7. The molecule has 0 aliphatic rings. The van der Waals surface area contributed by atoms with Crippen molar-refractivity contribution in [2.75, 3.05) is 31.5 Å². The molecule has 1 aromatic carbocycles. The maximum absolute atomic E-state index is 13.8. The summed E-state index contributed by atoms with van der Waals surface area (Å²) in [4.78, 5) is 38.5. The Balaban J connectivity index is 1.97. The number of alkyl halides is 3. The smallest absolute Gasteiger partial charge is 0.421 e. The minimum absolute atomic E-state index is 0.0566. The van der Waals surface area contributed by atoms with Crippen LogP contribution in [0.5, 0.6) is 5.75 Å². The summed E-state index contributed by atoms with van der Waals surface area (Å²) in [7, 11) is -1.33. The first-order valence-electron chi connectivity index (χ1n) is 11.0. The number of hydrogen-bond acceptors (Lipinski definition) is 10. The first kappa shape index (κ1) is 30.2. The van der Waals surface area contributed by atoms with Crippen LogP contribution in [0.4, 0.5) is 36.3 Å². The second-order valence-corrected chi connectivity index (χ2v) is 10.3. The Kier molecular flexibility index (Phi) is 9.85. The number of aromatic nitrogens is 3. The summed E-state index contributed by atoms with van der Waals surface area (Å²) in [6, 6.07) is 7.23. The quantitative estimate of drug-likeness (QED) is 0.125. The van der Waals surface area contributed by atoms with Gasteiger partial charge >= 0.3 is 13.8 Å². The van der Waals surface area contributed by atoms with Crippen molar-refractivity contribution in [3.63, 3.8) is 0 Å². The Morgan fingerprint density at radius 3 is 2.49 bits per heavy atom. The number of nitrogens with zero attached hydrogens (tertiary/aromatic N) is 3. The Morgan fingerprint density at radius 2 is 1.85 bits per heavy atom. The fourth-order valence-electron chi connectivity index (χ4n) is 3.26. The lowest BCUT2D eigenvalue weighted by atomic mass is 10.2. The third kappa shape index (κ3) is 8.10. The van der Waals surface area contributed by atoms with E-state index in [9.17, 15) is 27.4 Å². The Labute approximate surface area is 228 Å². The van der Waals surface area contributed by atoms with Gasteiger partial charge in [0.25, 0.3) is 5.91 Å². The van der Waals surface area contributed by atoms with Gasteiger partial charge in [-0.15, -0.1) is 0 Å². The lowest BCUT2D eigenvalue weighted by Gasteiger charge is -2.17. The van der Waals surface area contributed by atoms with Crippen LogP contribution in [0.25, 0.3) is 0 Å². The van der Waals surface area contributed by atoms with Crippen LogP contribution in [0.1, 0.15) is 28.5 Å². The zero-order chi connectivity index (χ0) is 28.8. The van der Waals surface area contributed by atoms with Gasteiger partial charge in [-0.05, 0) is 52.7 Å². The number of amides is 1. The summed E-state index contributed by atoms with van der Waals surface area (Å²) in [5.41, 5.74) is 1.19. The number of anilines is 4. The van der Waals surface area contributed by atoms with E-state index in [0.717, 1.165) is 0 Å². The van der Waals surface area contributed by atoms with Crippen LogP contribution in [-0.2, 0) is 26.3 Å². The Bertz CT molecular complexity index is 1400. The molecule has 0 saturated heterocycles. The SMILES string of the molecule is CCOP(=O)(O)Cc1ccc(Nc2ncc(C(F)(F)F)c(Nc3ccc(Br)nc3C(=O)NOC)n2)c(OC)c1. The van der Waals surface area contributed by atoms with Crippen molar-refractivity contribution in [2.45, 2.75) is 19.3 Å². The topological polar surface area (TPSA) is 157 Å². The number of hydroxylamine groups is 1. The van der Waals surface area contributed by atoms with Crippen LogP contribution >= 0.6 is 23.5 Å². The molecule has 1 atom stereocenters. The number of benzene rings is 1. The third-order valence-corrected chi connectivity index (χ3v) is 6.71. The Hall–Kier alpha value is -3.30. The average molecular weight is 635 g/mol. The van der Waals surface area contributed by atoms with Gasteiger partial charge < -0.3 is 24.8 Å². The second kappa shape index (κ2) is 12.7. The molecule has 0 radical (unpaired) electrons. The van der Waals surface area contributed by atoms with Crippen LogP contribution in [0, 0.1) is 0 Å². The van der Waals surface area contributed by atoms with Crippen LogP contribution in [-0.4, -0.2) is 46.6 Å². The predicted molar refractivity (Wildman–Crippen MR) is 138 cm³/mol. The highest BCUT2D eigenvalue weighted by molar-refractivity contribution is 9.10. The van der Waals surface area contributed by atoms with Crippen molar-refractivity contribution in [3.8, 4) is 5.75 Å². The number of methoxy groups -OCH3 is 1. The molecule has 0 saturated carbocycles. The third-order valence-electron chi connectivity index (χ3n) is 4.84. The van der Waals surface area contributed by atoms with E-state index in [0.29, 0.717) is 11.8 Å². The highest BCUT2D eigenvalue weighted by atomic mass is 79.9. The van der Waals surface area contributed by atoms with E-state index in [2.05, 4.69) is 51.8 Å². The highest BCUT2D eigenvalue weighted by Gasteiger charge is 2.36. The van der Waals surface area contributed by atoms with E-state index in [1.165, 1.54) is 44.6 Å². The summed E-state index contributed by atoms with van der Waals surface area (Å²) >= 11 is 3.11. The largest absolute Gasteiger partial charge is 0.495 e. The summed E-state index contributed by atoms with van der Waals surface area (Å²) in [6.07, 6.45) is -4.54. The number of carbonyl (C=O) groups excluding carboxylic acids is 1. The molecule has 0 aliphatic carbocycles. The van der Waals surface area contributed by atoms with Crippen molar-refractivity contribution in [1.82, 2.24) is 20.4 Å². The predicted octanol–water partition coefficient (Wildman–Crippen LogP) is 5.16. The van der Waals surface area contributed by atoms with Crippen LogP contribution in [0.3, 0.4) is 0 Å². The number of halogens is 4. The van der Waals surface area contributed by atoms with Crippen LogP contribution < -0.4 is 20.9 Å². The first-order chi connectivity index (χ1) is 18.4. The summed E-state index contributed by atoms with van der Waals surface area (Å²) in [5.74, 6) is -1.52. The van der Waals surface area contributed by atoms with Crippen molar-refractivity contribution in [3.05, 3.63) is 58.0 Å². The van der Waals surface area contributed by atoms with E-state index in [4.69, 9.17) is 9.26 Å². The maximum Gasteiger partial charge on any atom is 0.421 e. The molecule has 17 heteroatoms. The van der Waals surface area contributed by atoms with Gasteiger partial charge in [0.1, 0.15) is 21.7 Å². The Morgan fingerprint density at radius 1 is 1.13 bits per heavy atom. The number of rotatable bonds is 11. The van der Waals surface area contributed by atoms with E-state index >= 15 is 0 Å². The summed E-state index contributed by atoms with van der Waals surface area (Å²) in [6.45, 7) is 1.65. The van der Waals surface area contributed by atoms with Gasteiger partial charge in [-0.3, -0.25) is 14.2 Å². The van der Waals surface area contributed by atoms with Gasteiger partial charge in [-0.25, -0.2) is 15.4 Å². The van der Waals surface area contributed by atoms with Gasteiger partial charge in [-0.1, -0.05) is 6.07 Å². The van der Waals surface area contributed by atoms with Crippen LogP contribution in [0.15, 0.2) is 41.1 Å². The van der Waals surface area contributed by atoms with E-state index < -0.39 is 31.1 Å². The fraction of sp³-hybridized carbons (Fsp3) is 0.273. The molecular weight excluding hydrogens is 612 g/mol. The molecule has 1 amide bonds. The molecule has 2 heterocycles. The minimum Gasteiger partial charge on any atom is -0.495 e. The molecule has 0 fully saturated rings. The summed E-state index contributed by atoms with van der Waals surface area (Å²) < 4.78 is 63.9. The maximum atomic E-state index is 13.8. The fourth-order valence-corrected chi connectivity index (χ4v) is 4.72. The lowest BCUT2D eigenvalue weighted by Crippen LogP contribution is -2.24. The van der Waals surface area contributed by atoms with E-state index in [1.807, 2.05) is 0 Å². The molecular formula is C22H23BrF3N6O6P. The minimum atomic E-state index is -4.84. The molecule has 2 aromatic heterocycles. The first-order valence-corrected chi connectivity index (χ1v) is 13.5. The number of hydrogen-bond donors (Lipinski definition) is 4. The average Bonchev–Trinajstić information content (AvgIpc) is 2.85. The number of ether oxygens (including phenoxy) is 1.